The number of amides is 1. The summed E-state index contributed by atoms with van der Waals surface area (Å²) in [6.45, 7) is 4.19. The lowest BCUT2D eigenvalue weighted by Gasteiger charge is -2.05. The molecule has 3 aromatic rings. The van der Waals surface area contributed by atoms with Crippen molar-refractivity contribution in [2.45, 2.75) is 26.8 Å². The van der Waals surface area contributed by atoms with E-state index in [1.54, 1.807) is 0 Å². The van der Waals surface area contributed by atoms with Gasteiger partial charge in [0.05, 0.1) is 12.2 Å². The Morgan fingerprint density at radius 1 is 1.19 bits per heavy atom. The minimum Gasteiger partial charge on any atom is -0.302 e. The quantitative estimate of drug-likeness (QED) is 0.720. The maximum absolute atomic E-state index is 12.1. The Morgan fingerprint density at radius 2 is 2.00 bits per heavy atom. The summed E-state index contributed by atoms with van der Waals surface area (Å²) in [5.41, 5.74) is 3.46. The van der Waals surface area contributed by atoms with Crippen LogP contribution in [0.25, 0.3) is 11.3 Å². The molecule has 1 amide bonds. The van der Waals surface area contributed by atoms with Gasteiger partial charge < -0.3 is 5.32 Å². The highest BCUT2D eigenvalue weighted by Crippen LogP contribution is 2.26. The standard InChI is InChI=1S/C18H18N4O3S/c1-11-3-4-13(9-12(11)2)14-10-26-18(19-14)20-15(23)7-8-22-17(25)6-5-16(24)21-22/h3-6,9-10H,7-8H2,1-2H3,(H,21,24)(H,19,20,23). The van der Waals surface area contributed by atoms with Gasteiger partial charge in [-0.15, -0.1) is 11.3 Å². The number of nitrogens with zero attached hydrogens (tertiary/aromatic N) is 2. The van der Waals surface area contributed by atoms with E-state index in [-0.39, 0.29) is 30.0 Å². The molecule has 0 saturated carbocycles. The van der Waals surface area contributed by atoms with Crippen molar-refractivity contribution in [2.24, 2.45) is 0 Å². The highest BCUT2D eigenvalue weighted by atomic mass is 32.1. The lowest BCUT2D eigenvalue weighted by Crippen LogP contribution is -2.29. The second-order valence-corrected chi connectivity index (χ2v) is 6.79. The minimum absolute atomic E-state index is 0.0540. The van der Waals surface area contributed by atoms with E-state index in [1.807, 2.05) is 24.4 Å². The first-order valence-corrected chi connectivity index (χ1v) is 8.93. The van der Waals surface area contributed by atoms with Gasteiger partial charge in [-0.2, -0.15) is 0 Å². The van der Waals surface area contributed by atoms with Gasteiger partial charge in [-0.25, -0.2) is 9.67 Å². The zero-order chi connectivity index (χ0) is 18.7. The monoisotopic (exact) mass is 370 g/mol. The number of benzene rings is 1. The summed E-state index contributed by atoms with van der Waals surface area (Å²) >= 11 is 1.34. The SMILES string of the molecule is Cc1ccc(-c2csc(NC(=O)CCn3[nH]c(=O)ccc3=O)n2)cc1C. The van der Waals surface area contributed by atoms with Gasteiger partial charge in [0.25, 0.3) is 11.1 Å². The van der Waals surface area contributed by atoms with Gasteiger partial charge in [0.2, 0.25) is 5.91 Å². The Labute approximate surface area is 153 Å². The largest absolute Gasteiger partial charge is 0.302 e. The zero-order valence-electron chi connectivity index (χ0n) is 14.4. The Balaban J connectivity index is 1.64. The van der Waals surface area contributed by atoms with Crippen molar-refractivity contribution >= 4 is 22.4 Å². The summed E-state index contributed by atoms with van der Waals surface area (Å²) < 4.78 is 1.12. The summed E-state index contributed by atoms with van der Waals surface area (Å²) in [6.07, 6.45) is 0.0540. The number of aromatic nitrogens is 3. The summed E-state index contributed by atoms with van der Waals surface area (Å²) in [4.78, 5) is 39.4. The predicted octanol–water partition coefficient (Wildman–Crippen LogP) is 2.31. The molecule has 134 valence electrons. The van der Waals surface area contributed by atoms with Crippen molar-refractivity contribution in [1.82, 2.24) is 14.8 Å². The van der Waals surface area contributed by atoms with Crippen molar-refractivity contribution in [3.8, 4) is 11.3 Å². The average Bonchev–Trinajstić information content (AvgIpc) is 3.06. The topological polar surface area (TPSA) is 96.9 Å². The van der Waals surface area contributed by atoms with Gasteiger partial charge in [0.15, 0.2) is 5.13 Å². The fourth-order valence-corrected chi connectivity index (χ4v) is 3.12. The number of anilines is 1. The first kappa shape index (κ1) is 17.8. The smallest absolute Gasteiger partial charge is 0.265 e. The summed E-state index contributed by atoms with van der Waals surface area (Å²) in [5.74, 6) is -0.275. The van der Waals surface area contributed by atoms with Crippen LogP contribution < -0.4 is 16.4 Å². The second-order valence-electron chi connectivity index (χ2n) is 5.93. The van der Waals surface area contributed by atoms with E-state index in [1.165, 1.54) is 28.5 Å². The Morgan fingerprint density at radius 3 is 2.77 bits per heavy atom. The number of carbonyl (C=O) groups excluding carboxylic acids is 1. The average molecular weight is 370 g/mol. The van der Waals surface area contributed by atoms with Crippen LogP contribution >= 0.6 is 11.3 Å². The highest BCUT2D eigenvalue weighted by molar-refractivity contribution is 7.14. The molecule has 0 unspecified atom stereocenters. The number of hydrogen-bond acceptors (Lipinski definition) is 5. The maximum atomic E-state index is 12.1. The van der Waals surface area contributed by atoms with Crippen molar-refractivity contribution in [1.29, 1.82) is 0 Å². The number of thiazole rings is 1. The molecule has 26 heavy (non-hydrogen) atoms. The van der Waals surface area contributed by atoms with E-state index in [9.17, 15) is 14.4 Å². The van der Waals surface area contributed by atoms with Gasteiger partial charge in [-0.05, 0) is 31.0 Å². The molecule has 8 heteroatoms. The molecule has 0 spiro atoms. The molecule has 0 saturated heterocycles. The molecule has 2 aromatic heterocycles. The number of aromatic amines is 1. The highest BCUT2D eigenvalue weighted by Gasteiger charge is 2.09. The first-order valence-electron chi connectivity index (χ1n) is 8.05. The molecular weight excluding hydrogens is 352 g/mol. The molecule has 3 rings (SSSR count). The van der Waals surface area contributed by atoms with Crippen LogP contribution in [0.3, 0.4) is 0 Å². The van der Waals surface area contributed by atoms with Gasteiger partial charge in [-0.3, -0.25) is 19.5 Å². The van der Waals surface area contributed by atoms with E-state index >= 15 is 0 Å². The molecule has 7 nitrogen and oxygen atoms in total. The fraction of sp³-hybridized carbons (Fsp3) is 0.222. The number of hydrogen-bond donors (Lipinski definition) is 2. The van der Waals surface area contributed by atoms with E-state index < -0.39 is 0 Å². The third-order valence-corrected chi connectivity index (χ3v) is 4.76. The molecule has 0 aliphatic rings. The van der Waals surface area contributed by atoms with Crippen LogP contribution in [0.2, 0.25) is 0 Å². The number of carbonyl (C=O) groups is 1. The van der Waals surface area contributed by atoms with Gasteiger partial charge in [0, 0.05) is 29.5 Å². The molecule has 0 radical (unpaired) electrons. The van der Waals surface area contributed by atoms with Crippen LogP contribution in [0.4, 0.5) is 5.13 Å². The molecule has 0 atom stereocenters. The summed E-state index contributed by atoms with van der Waals surface area (Å²) in [5, 5.41) is 7.49. The van der Waals surface area contributed by atoms with Crippen molar-refractivity contribution < 1.29 is 4.79 Å². The van der Waals surface area contributed by atoms with Crippen LogP contribution in [0.5, 0.6) is 0 Å². The fourth-order valence-electron chi connectivity index (χ4n) is 2.39. The van der Waals surface area contributed by atoms with Crippen molar-refractivity contribution in [3.63, 3.8) is 0 Å². The number of rotatable bonds is 5. The molecule has 1 aromatic carbocycles. The zero-order valence-corrected chi connectivity index (χ0v) is 15.2. The Bertz CT molecular complexity index is 1060. The van der Waals surface area contributed by atoms with Crippen LogP contribution in [0.15, 0.2) is 45.3 Å². The van der Waals surface area contributed by atoms with Crippen molar-refractivity contribution in [2.75, 3.05) is 5.32 Å². The second kappa shape index (κ2) is 7.49. The predicted molar refractivity (Wildman–Crippen MR) is 102 cm³/mol. The molecule has 0 aliphatic carbocycles. The maximum Gasteiger partial charge on any atom is 0.265 e. The van der Waals surface area contributed by atoms with Crippen LogP contribution in [0, 0.1) is 13.8 Å². The molecule has 0 fully saturated rings. The third kappa shape index (κ3) is 4.15. The van der Waals surface area contributed by atoms with Gasteiger partial charge >= 0.3 is 0 Å². The lowest BCUT2D eigenvalue weighted by atomic mass is 10.1. The summed E-state index contributed by atoms with van der Waals surface area (Å²) in [7, 11) is 0. The molecule has 0 bridgehead atoms. The Hall–Kier alpha value is -3.00. The molecule has 0 aliphatic heterocycles. The molecule has 2 heterocycles. The Kier molecular flexibility index (Phi) is 5.13. The van der Waals surface area contributed by atoms with Crippen molar-refractivity contribution in [3.05, 3.63) is 67.5 Å². The first-order chi connectivity index (χ1) is 12.4. The van der Waals surface area contributed by atoms with E-state index in [0.29, 0.717) is 5.13 Å². The van der Waals surface area contributed by atoms with Crippen LogP contribution in [0.1, 0.15) is 17.5 Å². The number of nitrogens with one attached hydrogen (secondary N) is 2. The minimum atomic E-state index is -0.386. The van der Waals surface area contributed by atoms with Gasteiger partial charge in [-0.1, -0.05) is 12.1 Å². The van der Waals surface area contributed by atoms with E-state index in [0.717, 1.165) is 22.0 Å². The molecule has 2 N–H and O–H groups in total. The van der Waals surface area contributed by atoms with Crippen LogP contribution in [-0.2, 0) is 11.3 Å². The molecular formula is C18H18N4O3S. The lowest BCUT2D eigenvalue weighted by molar-refractivity contribution is -0.116. The van der Waals surface area contributed by atoms with E-state index in [4.69, 9.17) is 0 Å². The van der Waals surface area contributed by atoms with Gasteiger partial charge in [0.1, 0.15) is 0 Å². The number of aryl methyl sites for hydroxylation is 3. The summed E-state index contributed by atoms with van der Waals surface area (Å²) in [6, 6.07) is 8.44. The number of H-pyrrole nitrogens is 1. The van der Waals surface area contributed by atoms with E-state index in [2.05, 4.69) is 28.4 Å². The van der Waals surface area contributed by atoms with Crippen LogP contribution in [-0.4, -0.2) is 20.7 Å². The normalized spacial score (nSPS) is 10.7. The third-order valence-electron chi connectivity index (χ3n) is 4.00.